The second-order valence-corrected chi connectivity index (χ2v) is 6.21. The van der Waals surface area contributed by atoms with Crippen LogP contribution in [0.15, 0.2) is 36.7 Å². The molecular formula is C20H29N5O. The third kappa shape index (κ3) is 5.18. The molecule has 0 radical (unpaired) electrons. The molecular weight excluding hydrogens is 326 g/mol. The topological polar surface area (TPSA) is 61.4 Å². The molecule has 0 atom stereocenters. The largest absolute Gasteiger partial charge is 0.372 e. The summed E-state index contributed by atoms with van der Waals surface area (Å²) in [7, 11) is 1.98. The maximum absolute atomic E-state index is 12.4. The molecule has 1 aromatic heterocycles. The van der Waals surface area contributed by atoms with Crippen molar-refractivity contribution < 1.29 is 4.79 Å². The summed E-state index contributed by atoms with van der Waals surface area (Å²) in [6.07, 6.45) is 5.40. The van der Waals surface area contributed by atoms with Crippen molar-refractivity contribution in [1.29, 1.82) is 0 Å². The third-order valence-electron chi connectivity index (χ3n) is 4.36. The van der Waals surface area contributed by atoms with Gasteiger partial charge in [0, 0.05) is 38.1 Å². The fraction of sp³-hybridized carbons (Fsp3) is 0.450. The summed E-state index contributed by atoms with van der Waals surface area (Å²) in [5, 5.41) is 2.87. The summed E-state index contributed by atoms with van der Waals surface area (Å²) >= 11 is 0. The molecule has 1 amide bonds. The number of aromatic nitrogens is 2. The molecule has 0 saturated carbocycles. The van der Waals surface area contributed by atoms with Gasteiger partial charge >= 0.3 is 0 Å². The highest BCUT2D eigenvalue weighted by atomic mass is 16.1. The highest BCUT2D eigenvalue weighted by Gasteiger charge is 2.10. The number of nitrogens with one attached hydrogen (secondary N) is 1. The number of rotatable bonds is 9. The van der Waals surface area contributed by atoms with Gasteiger partial charge in [0.05, 0.1) is 12.4 Å². The minimum Gasteiger partial charge on any atom is -0.372 e. The van der Waals surface area contributed by atoms with Crippen LogP contribution in [0.5, 0.6) is 0 Å². The van der Waals surface area contributed by atoms with Gasteiger partial charge in [-0.2, -0.15) is 0 Å². The van der Waals surface area contributed by atoms with Crippen molar-refractivity contribution in [2.45, 2.75) is 33.6 Å². The fourth-order valence-corrected chi connectivity index (χ4v) is 2.68. The third-order valence-corrected chi connectivity index (χ3v) is 4.36. The molecule has 0 spiro atoms. The minimum atomic E-state index is -0.254. The lowest BCUT2D eigenvalue weighted by atomic mass is 10.2. The molecule has 2 aromatic rings. The van der Waals surface area contributed by atoms with Gasteiger partial charge in [-0.15, -0.1) is 0 Å². The zero-order chi connectivity index (χ0) is 18.9. The summed E-state index contributed by atoms with van der Waals surface area (Å²) in [6, 6.07) is 7.85. The van der Waals surface area contributed by atoms with E-state index < -0.39 is 0 Å². The number of unbranched alkanes of at least 4 members (excludes halogenated alkanes) is 1. The van der Waals surface area contributed by atoms with Crippen molar-refractivity contribution in [1.82, 2.24) is 9.97 Å². The van der Waals surface area contributed by atoms with Crippen LogP contribution in [0.3, 0.4) is 0 Å². The van der Waals surface area contributed by atoms with Crippen LogP contribution in [0.4, 0.5) is 17.2 Å². The minimum absolute atomic E-state index is 0.254. The van der Waals surface area contributed by atoms with Crippen molar-refractivity contribution in [2.24, 2.45) is 0 Å². The SMILES string of the molecule is CCCCN(C)c1cnc(C(=O)Nc2ccc(N(CC)CC)cc2)cn1. The molecule has 26 heavy (non-hydrogen) atoms. The van der Waals surface area contributed by atoms with Crippen LogP contribution in [-0.4, -0.2) is 42.6 Å². The molecule has 1 aromatic carbocycles. The van der Waals surface area contributed by atoms with E-state index in [0.29, 0.717) is 5.69 Å². The molecule has 0 saturated heterocycles. The molecule has 6 heteroatoms. The number of carbonyl (C=O) groups is 1. The van der Waals surface area contributed by atoms with Crippen LogP contribution in [0.1, 0.15) is 44.1 Å². The van der Waals surface area contributed by atoms with Crippen LogP contribution >= 0.6 is 0 Å². The molecule has 0 bridgehead atoms. The van der Waals surface area contributed by atoms with Crippen LogP contribution in [-0.2, 0) is 0 Å². The van der Waals surface area contributed by atoms with Crippen molar-refractivity contribution in [3.05, 3.63) is 42.4 Å². The number of benzene rings is 1. The van der Waals surface area contributed by atoms with Crippen molar-refractivity contribution in [3.8, 4) is 0 Å². The van der Waals surface area contributed by atoms with Crippen molar-refractivity contribution in [2.75, 3.05) is 41.8 Å². The number of hydrogen-bond donors (Lipinski definition) is 1. The molecule has 0 fully saturated rings. The Labute approximate surface area is 156 Å². The smallest absolute Gasteiger partial charge is 0.275 e. The molecule has 140 valence electrons. The summed E-state index contributed by atoms with van der Waals surface area (Å²) in [6.45, 7) is 9.24. The quantitative estimate of drug-likeness (QED) is 0.741. The van der Waals surface area contributed by atoms with Gasteiger partial charge in [-0.1, -0.05) is 13.3 Å². The van der Waals surface area contributed by atoms with Crippen LogP contribution in [0.25, 0.3) is 0 Å². The van der Waals surface area contributed by atoms with E-state index in [0.717, 1.165) is 49.7 Å². The van der Waals surface area contributed by atoms with E-state index in [4.69, 9.17) is 0 Å². The normalized spacial score (nSPS) is 10.5. The monoisotopic (exact) mass is 355 g/mol. The lowest BCUT2D eigenvalue weighted by Gasteiger charge is -2.21. The summed E-state index contributed by atoms with van der Waals surface area (Å²) in [5.41, 5.74) is 2.20. The number of amides is 1. The average molecular weight is 355 g/mol. The molecule has 1 heterocycles. The molecule has 0 aliphatic rings. The maximum Gasteiger partial charge on any atom is 0.275 e. The maximum atomic E-state index is 12.4. The Bertz CT molecular complexity index is 680. The van der Waals surface area contributed by atoms with Crippen molar-refractivity contribution >= 4 is 23.1 Å². The lowest BCUT2D eigenvalue weighted by Crippen LogP contribution is -2.22. The number of anilines is 3. The molecule has 0 aliphatic carbocycles. The number of hydrogen-bond acceptors (Lipinski definition) is 5. The highest BCUT2D eigenvalue weighted by molar-refractivity contribution is 6.02. The lowest BCUT2D eigenvalue weighted by molar-refractivity contribution is 0.102. The zero-order valence-corrected chi connectivity index (χ0v) is 16.2. The van der Waals surface area contributed by atoms with Crippen LogP contribution in [0.2, 0.25) is 0 Å². The van der Waals surface area contributed by atoms with E-state index in [2.05, 4.69) is 41.0 Å². The summed E-state index contributed by atoms with van der Waals surface area (Å²) in [4.78, 5) is 25.3. The van der Waals surface area contributed by atoms with Gasteiger partial charge in [-0.3, -0.25) is 4.79 Å². The second kappa shape index (κ2) is 9.75. The van der Waals surface area contributed by atoms with Gasteiger partial charge in [-0.25, -0.2) is 9.97 Å². The molecule has 6 nitrogen and oxygen atoms in total. The van der Waals surface area contributed by atoms with E-state index in [1.165, 1.54) is 6.20 Å². The standard InChI is InChI=1S/C20H29N5O/c1-5-8-13-24(4)19-15-21-18(14-22-19)20(26)23-16-9-11-17(12-10-16)25(6-2)7-3/h9-12,14-15H,5-8,13H2,1-4H3,(H,23,26). The number of nitrogens with zero attached hydrogens (tertiary/aromatic N) is 4. The van der Waals surface area contributed by atoms with E-state index in [1.54, 1.807) is 6.20 Å². The predicted octanol–water partition coefficient (Wildman–Crippen LogP) is 3.81. The number of carbonyl (C=O) groups excluding carboxylic acids is 1. The molecule has 0 aliphatic heterocycles. The Hall–Kier alpha value is -2.63. The predicted molar refractivity (Wildman–Crippen MR) is 108 cm³/mol. The van der Waals surface area contributed by atoms with E-state index in [9.17, 15) is 4.79 Å². The van der Waals surface area contributed by atoms with E-state index in [1.807, 2.05) is 36.2 Å². The van der Waals surface area contributed by atoms with E-state index >= 15 is 0 Å². The van der Waals surface area contributed by atoms with Gasteiger partial charge in [0.1, 0.15) is 11.5 Å². The zero-order valence-electron chi connectivity index (χ0n) is 16.2. The van der Waals surface area contributed by atoms with Gasteiger partial charge in [0.15, 0.2) is 0 Å². The Balaban J connectivity index is 1.99. The highest BCUT2D eigenvalue weighted by Crippen LogP contribution is 2.18. The summed E-state index contributed by atoms with van der Waals surface area (Å²) in [5.74, 6) is 0.523. The average Bonchev–Trinajstić information content (AvgIpc) is 2.68. The second-order valence-electron chi connectivity index (χ2n) is 6.21. The van der Waals surface area contributed by atoms with Gasteiger partial charge in [0.25, 0.3) is 5.91 Å². The van der Waals surface area contributed by atoms with Gasteiger partial charge in [-0.05, 0) is 44.5 Å². The molecule has 2 rings (SSSR count). The Kier molecular flexibility index (Phi) is 7.38. The van der Waals surface area contributed by atoms with E-state index in [-0.39, 0.29) is 5.91 Å². The summed E-state index contributed by atoms with van der Waals surface area (Å²) < 4.78 is 0. The first-order valence-corrected chi connectivity index (χ1v) is 9.28. The first kappa shape index (κ1) is 19.7. The van der Waals surface area contributed by atoms with Crippen molar-refractivity contribution in [3.63, 3.8) is 0 Å². The molecule has 1 N–H and O–H groups in total. The fourth-order valence-electron chi connectivity index (χ4n) is 2.68. The first-order valence-electron chi connectivity index (χ1n) is 9.28. The van der Waals surface area contributed by atoms with Crippen LogP contribution < -0.4 is 15.1 Å². The van der Waals surface area contributed by atoms with Gasteiger partial charge < -0.3 is 15.1 Å². The Morgan fingerprint density at radius 3 is 2.27 bits per heavy atom. The molecule has 0 unspecified atom stereocenters. The Morgan fingerprint density at radius 1 is 1.04 bits per heavy atom. The first-order chi connectivity index (χ1) is 12.6. The van der Waals surface area contributed by atoms with Crippen LogP contribution in [0, 0.1) is 0 Å². The Morgan fingerprint density at radius 2 is 1.73 bits per heavy atom. The van der Waals surface area contributed by atoms with Gasteiger partial charge in [0.2, 0.25) is 0 Å².